The molecule has 0 fully saturated rings. The molecule has 1 heterocycles. The van der Waals surface area contributed by atoms with E-state index in [-0.39, 0.29) is 0 Å². The number of hydrogen-bond donors (Lipinski definition) is 1. The van der Waals surface area contributed by atoms with Crippen LogP contribution < -0.4 is 10.1 Å². The van der Waals surface area contributed by atoms with Crippen LogP contribution in [0.3, 0.4) is 0 Å². The quantitative estimate of drug-likeness (QED) is 0.929. The van der Waals surface area contributed by atoms with Crippen molar-refractivity contribution in [3.05, 3.63) is 27.3 Å². The standard InChI is InChI=1S/C13H16BrClN2O/c1-16-5-4-10-13(14)8-6-12(18-3)9(15)7-11(8)17(10)2/h6-7,16H,4-5H2,1-3H3. The van der Waals surface area contributed by atoms with Crippen molar-refractivity contribution in [2.24, 2.45) is 7.05 Å². The van der Waals surface area contributed by atoms with Crippen LogP contribution in [0.5, 0.6) is 5.75 Å². The van der Waals surface area contributed by atoms with Crippen LogP contribution in [0.15, 0.2) is 16.6 Å². The second-order valence-corrected chi connectivity index (χ2v) is 5.38. The van der Waals surface area contributed by atoms with Crippen molar-refractivity contribution in [2.75, 3.05) is 20.7 Å². The molecule has 0 saturated carbocycles. The van der Waals surface area contributed by atoms with E-state index in [0.29, 0.717) is 10.8 Å². The summed E-state index contributed by atoms with van der Waals surface area (Å²) in [6, 6.07) is 3.92. The van der Waals surface area contributed by atoms with E-state index in [1.54, 1.807) is 7.11 Å². The maximum Gasteiger partial charge on any atom is 0.138 e. The zero-order valence-electron chi connectivity index (χ0n) is 10.7. The van der Waals surface area contributed by atoms with Gasteiger partial charge >= 0.3 is 0 Å². The van der Waals surface area contributed by atoms with Crippen molar-refractivity contribution in [3.8, 4) is 5.75 Å². The van der Waals surface area contributed by atoms with Gasteiger partial charge in [0.05, 0.1) is 17.6 Å². The van der Waals surface area contributed by atoms with Crippen molar-refractivity contribution in [1.29, 1.82) is 0 Å². The molecule has 18 heavy (non-hydrogen) atoms. The largest absolute Gasteiger partial charge is 0.495 e. The number of hydrogen-bond acceptors (Lipinski definition) is 2. The zero-order chi connectivity index (χ0) is 13.3. The average Bonchev–Trinajstić information content (AvgIpc) is 2.59. The molecule has 0 radical (unpaired) electrons. The van der Waals surface area contributed by atoms with E-state index < -0.39 is 0 Å². The summed E-state index contributed by atoms with van der Waals surface area (Å²) in [5.74, 6) is 0.704. The van der Waals surface area contributed by atoms with Crippen LogP contribution in [0.25, 0.3) is 10.9 Å². The number of ether oxygens (including phenoxy) is 1. The predicted octanol–water partition coefficient (Wildman–Crippen LogP) is 3.36. The molecule has 0 aliphatic heterocycles. The Labute approximate surface area is 120 Å². The van der Waals surface area contributed by atoms with Gasteiger partial charge in [-0.3, -0.25) is 0 Å². The van der Waals surface area contributed by atoms with Crippen molar-refractivity contribution in [3.63, 3.8) is 0 Å². The fourth-order valence-electron chi connectivity index (χ4n) is 2.12. The van der Waals surface area contributed by atoms with Gasteiger partial charge in [-0.1, -0.05) is 11.6 Å². The van der Waals surface area contributed by atoms with Crippen LogP contribution in [0, 0.1) is 0 Å². The summed E-state index contributed by atoms with van der Waals surface area (Å²) in [5, 5.41) is 4.93. The number of nitrogens with one attached hydrogen (secondary N) is 1. The first-order chi connectivity index (χ1) is 8.60. The molecule has 0 spiro atoms. The molecule has 3 nitrogen and oxygen atoms in total. The van der Waals surface area contributed by atoms with Crippen LogP contribution in [-0.2, 0) is 13.5 Å². The van der Waals surface area contributed by atoms with Gasteiger partial charge in [0.25, 0.3) is 0 Å². The molecular formula is C13H16BrClN2O. The topological polar surface area (TPSA) is 26.2 Å². The Morgan fingerprint density at radius 1 is 1.44 bits per heavy atom. The van der Waals surface area contributed by atoms with E-state index in [2.05, 4.69) is 32.9 Å². The molecule has 1 aromatic heterocycles. The molecule has 0 bridgehead atoms. The number of rotatable bonds is 4. The molecule has 0 saturated heterocycles. The van der Waals surface area contributed by atoms with Crippen molar-refractivity contribution in [2.45, 2.75) is 6.42 Å². The third kappa shape index (κ3) is 2.25. The molecule has 0 aliphatic rings. The fraction of sp³-hybridized carbons (Fsp3) is 0.385. The molecule has 0 aliphatic carbocycles. The zero-order valence-corrected chi connectivity index (χ0v) is 13.0. The predicted molar refractivity (Wildman–Crippen MR) is 79.8 cm³/mol. The molecule has 1 aromatic carbocycles. The van der Waals surface area contributed by atoms with E-state index in [9.17, 15) is 0 Å². The average molecular weight is 332 g/mol. The van der Waals surface area contributed by atoms with Crippen molar-refractivity contribution in [1.82, 2.24) is 9.88 Å². The first-order valence-electron chi connectivity index (χ1n) is 5.75. The lowest BCUT2D eigenvalue weighted by Crippen LogP contribution is -2.12. The molecule has 98 valence electrons. The number of nitrogens with zero attached hydrogens (tertiary/aromatic N) is 1. The molecule has 1 N–H and O–H groups in total. The minimum absolute atomic E-state index is 0.637. The lowest BCUT2D eigenvalue weighted by Gasteiger charge is -2.05. The Bertz CT molecular complexity index is 580. The van der Waals surface area contributed by atoms with Crippen molar-refractivity contribution >= 4 is 38.4 Å². The van der Waals surface area contributed by atoms with Crippen molar-refractivity contribution < 1.29 is 4.74 Å². The van der Waals surface area contributed by atoms with Gasteiger partial charge in [0.1, 0.15) is 5.75 Å². The van der Waals surface area contributed by atoms with Gasteiger partial charge in [-0.25, -0.2) is 0 Å². The molecule has 2 rings (SSSR count). The molecule has 2 aromatic rings. The SMILES string of the molecule is CNCCc1c(Br)c2cc(OC)c(Cl)cc2n1C. The number of methoxy groups -OCH3 is 1. The lowest BCUT2D eigenvalue weighted by molar-refractivity contribution is 0.415. The first-order valence-corrected chi connectivity index (χ1v) is 6.92. The minimum Gasteiger partial charge on any atom is -0.495 e. The van der Waals surface area contributed by atoms with Gasteiger partial charge in [-0.15, -0.1) is 0 Å². The van der Waals surface area contributed by atoms with Gasteiger partial charge in [-0.2, -0.15) is 0 Å². The Hall–Kier alpha value is -0.710. The highest BCUT2D eigenvalue weighted by atomic mass is 79.9. The second-order valence-electron chi connectivity index (χ2n) is 4.18. The number of aromatic nitrogens is 1. The van der Waals surface area contributed by atoms with Gasteiger partial charge in [0, 0.05) is 35.6 Å². The number of aryl methyl sites for hydroxylation is 1. The third-order valence-electron chi connectivity index (χ3n) is 3.14. The van der Waals surface area contributed by atoms with Crippen LogP contribution in [0.4, 0.5) is 0 Å². The summed E-state index contributed by atoms with van der Waals surface area (Å²) in [6.07, 6.45) is 0.961. The van der Waals surface area contributed by atoms with Gasteiger partial charge in [0.2, 0.25) is 0 Å². The fourth-order valence-corrected chi connectivity index (χ4v) is 3.14. The Kier molecular flexibility index (Phi) is 4.20. The van der Waals surface area contributed by atoms with E-state index in [0.717, 1.165) is 28.3 Å². The normalized spacial score (nSPS) is 11.2. The number of benzene rings is 1. The van der Waals surface area contributed by atoms with E-state index >= 15 is 0 Å². The summed E-state index contributed by atoms with van der Waals surface area (Å²) < 4.78 is 8.55. The van der Waals surface area contributed by atoms with E-state index in [1.165, 1.54) is 5.69 Å². The van der Waals surface area contributed by atoms with Crippen LogP contribution in [0.1, 0.15) is 5.69 Å². The summed E-state index contributed by atoms with van der Waals surface area (Å²) in [5.41, 5.74) is 2.36. The van der Waals surface area contributed by atoms with E-state index in [4.69, 9.17) is 16.3 Å². The number of halogens is 2. The summed E-state index contributed by atoms with van der Waals surface area (Å²) in [4.78, 5) is 0. The lowest BCUT2D eigenvalue weighted by atomic mass is 10.2. The smallest absolute Gasteiger partial charge is 0.138 e. The molecule has 0 unspecified atom stereocenters. The molecular weight excluding hydrogens is 316 g/mol. The Balaban J connectivity index is 2.62. The highest BCUT2D eigenvalue weighted by molar-refractivity contribution is 9.10. The first kappa shape index (κ1) is 13.7. The van der Waals surface area contributed by atoms with Crippen LogP contribution >= 0.6 is 27.5 Å². The van der Waals surface area contributed by atoms with E-state index in [1.807, 2.05) is 19.2 Å². The minimum atomic E-state index is 0.637. The summed E-state index contributed by atoms with van der Waals surface area (Å²) >= 11 is 9.85. The second kappa shape index (κ2) is 5.51. The highest BCUT2D eigenvalue weighted by Gasteiger charge is 2.15. The maximum atomic E-state index is 6.18. The number of fused-ring (bicyclic) bond motifs is 1. The van der Waals surface area contributed by atoms with Gasteiger partial charge in [0.15, 0.2) is 0 Å². The number of likely N-dealkylation sites (N-methyl/N-ethyl adjacent to an activating group) is 1. The van der Waals surface area contributed by atoms with Crippen LogP contribution in [-0.4, -0.2) is 25.3 Å². The third-order valence-corrected chi connectivity index (χ3v) is 4.32. The van der Waals surface area contributed by atoms with Crippen LogP contribution in [0.2, 0.25) is 5.02 Å². The molecule has 0 atom stereocenters. The van der Waals surface area contributed by atoms with Gasteiger partial charge in [-0.05, 0) is 35.1 Å². The van der Waals surface area contributed by atoms with Gasteiger partial charge < -0.3 is 14.6 Å². The summed E-state index contributed by atoms with van der Waals surface area (Å²) in [6.45, 7) is 0.938. The molecule has 0 amide bonds. The monoisotopic (exact) mass is 330 g/mol. The Morgan fingerprint density at radius 2 is 2.17 bits per heavy atom. The Morgan fingerprint density at radius 3 is 2.78 bits per heavy atom. The summed E-state index contributed by atoms with van der Waals surface area (Å²) in [7, 11) is 5.64. The highest BCUT2D eigenvalue weighted by Crippen LogP contribution is 2.37. The molecule has 5 heteroatoms. The maximum absolute atomic E-state index is 6.18.